The molecule has 1 aromatic carbocycles. The molecule has 0 atom stereocenters. The van der Waals surface area contributed by atoms with Crippen molar-refractivity contribution in [2.45, 2.75) is 25.7 Å². The molecule has 0 amide bonds. The molecule has 1 rings (SSSR count). The highest BCUT2D eigenvalue weighted by molar-refractivity contribution is 9.10. The van der Waals surface area contributed by atoms with Gasteiger partial charge in [-0.2, -0.15) is 12.6 Å². The number of thiol groups is 1. The van der Waals surface area contributed by atoms with Gasteiger partial charge >= 0.3 is 0 Å². The molecule has 4 heteroatoms. The lowest BCUT2D eigenvalue weighted by Crippen LogP contribution is -1.97. The largest absolute Gasteiger partial charge is 0.492 e. The first kappa shape index (κ1) is 14.2. The Labute approximate surface area is 116 Å². The van der Waals surface area contributed by atoms with Crippen molar-refractivity contribution >= 4 is 40.2 Å². The van der Waals surface area contributed by atoms with E-state index in [2.05, 4.69) is 28.6 Å². The molecule has 0 aromatic heterocycles. The summed E-state index contributed by atoms with van der Waals surface area (Å²) in [6, 6.07) is 5.67. The summed E-state index contributed by atoms with van der Waals surface area (Å²) in [5.41, 5.74) is 0. The third kappa shape index (κ3) is 5.46. The van der Waals surface area contributed by atoms with E-state index in [0.29, 0.717) is 5.02 Å². The Bertz CT molecular complexity index is 320. The summed E-state index contributed by atoms with van der Waals surface area (Å²) >= 11 is 13.6. The molecule has 0 N–H and O–H groups in total. The van der Waals surface area contributed by atoms with Crippen molar-refractivity contribution < 1.29 is 4.74 Å². The molecule has 0 saturated heterocycles. The molecular weight excluding hydrogens is 308 g/mol. The number of unbranched alkanes of at least 4 members (excludes halogenated alkanes) is 3. The van der Waals surface area contributed by atoms with Gasteiger partial charge in [-0.15, -0.1) is 0 Å². The Morgan fingerprint density at radius 3 is 2.62 bits per heavy atom. The fourth-order valence-corrected chi connectivity index (χ4v) is 2.29. The molecule has 0 radical (unpaired) electrons. The maximum Gasteiger partial charge on any atom is 0.137 e. The highest BCUT2D eigenvalue weighted by atomic mass is 79.9. The van der Waals surface area contributed by atoms with Crippen molar-refractivity contribution in [3.8, 4) is 5.75 Å². The van der Waals surface area contributed by atoms with Gasteiger partial charge < -0.3 is 4.74 Å². The molecular formula is C12H16BrClOS. The number of rotatable bonds is 7. The van der Waals surface area contributed by atoms with Crippen molar-refractivity contribution in [3.05, 3.63) is 27.7 Å². The lowest BCUT2D eigenvalue weighted by Gasteiger charge is -2.07. The minimum atomic E-state index is 0.657. The molecule has 1 aromatic rings. The zero-order valence-corrected chi connectivity index (χ0v) is 12.3. The van der Waals surface area contributed by atoms with E-state index < -0.39 is 0 Å². The predicted octanol–water partition coefficient (Wildman–Crippen LogP) is 4.97. The monoisotopic (exact) mass is 322 g/mol. The molecule has 1 nitrogen and oxygen atoms in total. The highest BCUT2D eigenvalue weighted by Crippen LogP contribution is 2.27. The first-order valence-electron chi connectivity index (χ1n) is 5.43. The molecule has 0 saturated carbocycles. The van der Waals surface area contributed by atoms with Gasteiger partial charge in [0, 0.05) is 4.47 Å². The molecule has 0 spiro atoms. The standard InChI is InChI=1S/C12H16BrClOS/c13-10-5-6-12(11(14)9-10)15-7-3-1-2-4-8-16/h5-6,9,16H,1-4,7-8H2. The summed E-state index contributed by atoms with van der Waals surface area (Å²) in [6.07, 6.45) is 4.66. The van der Waals surface area contributed by atoms with Gasteiger partial charge in [0.1, 0.15) is 5.75 Å². The summed E-state index contributed by atoms with van der Waals surface area (Å²) < 4.78 is 6.57. The summed E-state index contributed by atoms with van der Waals surface area (Å²) in [5.74, 6) is 1.73. The van der Waals surface area contributed by atoms with E-state index in [-0.39, 0.29) is 0 Å². The van der Waals surface area contributed by atoms with Crippen LogP contribution in [0.1, 0.15) is 25.7 Å². The lowest BCUT2D eigenvalue weighted by molar-refractivity contribution is 0.305. The third-order valence-electron chi connectivity index (χ3n) is 2.20. The average Bonchev–Trinajstić information content (AvgIpc) is 2.26. The van der Waals surface area contributed by atoms with Crippen molar-refractivity contribution in [1.82, 2.24) is 0 Å². The molecule has 0 aliphatic rings. The number of ether oxygens (including phenoxy) is 1. The third-order valence-corrected chi connectivity index (χ3v) is 3.31. The molecule has 0 bridgehead atoms. The summed E-state index contributed by atoms with van der Waals surface area (Å²) in [7, 11) is 0. The molecule has 90 valence electrons. The van der Waals surface area contributed by atoms with Crippen molar-refractivity contribution in [1.29, 1.82) is 0 Å². The van der Waals surface area contributed by atoms with Crippen LogP contribution in [-0.2, 0) is 0 Å². The van der Waals surface area contributed by atoms with E-state index in [1.807, 2.05) is 18.2 Å². The Hall–Kier alpha value is 0.140. The second-order valence-electron chi connectivity index (χ2n) is 3.56. The second-order valence-corrected chi connectivity index (χ2v) is 5.33. The molecule has 0 fully saturated rings. The van der Waals surface area contributed by atoms with Crippen LogP contribution in [0, 0.1) is 0 Å². The van der Waals surface area contributed by atoms with Gasteiger partial charge in [0.25, 0.3) is 0 Å². The summed E-state index contributed by atoms with van der Waals surface area (Å²) in [4.78, 5) is 0. The van der Waals surface area contributed by atoms with Crippen LogP contribution in [0.25, 0.3) is 0 Å². The fourth-order valence-electron chi connectivity index (χ4n) is 1.34. The molecule has 0 heterocycles. The number of benzene rings is 1. The Morgan fingerprint density at radius 1 is 1.19 bits per heavy atom. The lowest BCUT2D eigenvalue weighted by atomic mass is 10.2. The average molecular weight is 324 g/mol. The van der Waals surface area contributed by atoms with Crippen LogP contribution in [0.3, 0.4) is 0 Å². The normalized spacial score (nSPS) is 10.4. The van der Waals surface area contributed by atoms with Crippen LogP contribution in [0.5, 0.6) is 5.75 Å². The van der Waals surface area contributed by atoms with Gasteiger partial charge in [0.15, 0.2) is 0 Å². The number of hydrogen-bond donors (Lipinski definition) is 1. The zero-order chi connectivity index (χ0) is 11.8. The molecule has 16 heavy (non-hydrogen) atoms. The van der Waals surface area contributed by atoms with Crippen LogP contribution < -0.4 is 4.74 Å². The maximum atomic E-state index is 6.03. The maximum absolute atomic E-state index is 6.03. The fraction of sp³-hybridized carbons (Fsp3) is 0.500. The number of hydrogen-bond acceptors (Lipinski definition) is 2. The highest BCUT2D eigenvalue weighted by Gasteiger charge is 2.01. The van der Waals surface area contributed by atoms with Gasteiger partial charge in [-0.25, -0.2) is 0 Å². The van der Waals surface area contributed by atoms with Gasteiger partial charge in [0.2, 0.25) is 0 Å². The predicted molar refractivity (Wildman–Crippen MR) is 77.0 cm³/mol. The first-order valence-corrected chi connectivity index (χ1v) is 7.23. The quantitative estimate of drug-likeness (QED) is 0.550. The first-order chi connectivity index (χ1) is 7.74. The van der Waals surface area contributed by atoms with E-state index in [1.165, 1.54) is 19.3 Å². The van der Waals surface area contributed by atoms with Crippen LogP contribution in [0.2, 0.25) is 5.02 Å². The smallest absolute Gasteiger partial charge is 0.137 e. The van der Waals surface area contributed by atoms with Gasteiger partial charge in [-0.05, 0) is 36.8 Å². The van der Waals surface area contributed by atoms with E-state index in [0.717, 1.165) is 29.0 Å². The summed E-state index contributed by atoms with van der Waals surface area (Å²) in [5, 5.41) is 0.657. The van der Waals surface area contributed by atoms with Gasteiger partial charge in [0.05, 0.1) is 11.6 Å². The van der Waals surface area contributed by atoms with Crippen LogP contribution in [0.4, 0.5) is 0 Å². The Morgan fingerprint density at radius 2 is 1.94 bits per heavy atom. The summed E-state index contributed by atoms with van der Waals surface area (Å²) in [6.45, 7) is 0.730. The Kier molecular flexibility index (Phi) is 7.33. The van der Waals surface area contributed by atoms with E-state index in [1.54, 1.807) is 0 Å². The minimum Gasteiger partial charge on any atom is -0.492 e. The Balaban J connectivity index is 2.21. The minimum absolute atomic E-state index is 0.657. The molecule has 0 unspecified atom stereocenters. The van der Waals surface area contributed by atoms with Gasteiger partial charge in [-0.3, -0.25) is 0 Å². The van der Waals surface area contributed by atoms with Crippen molar-refractivity contribution in [2.75, 3.05) is 12.4 Å². The zero-order valence-electron chi connectivity index (χ0n) is 9.09. The van der Waals surface area contributed by atoms with Crippen molar-refractivity contribution in [2.24, 2.45) is 0 Å². The van der Waals surface area contributed by atoms with Crippen molar-refractivity contribution in [3.63, 3.8) is 0 Å². The van der Waals surface area contributed by atoms with Crippen LogP contribution in [-0.4, -0.2) is 12.4 Å². The van der Waals surface area contributed by atoms with Gasteiger partial charge in [-0.1, -0.05) is 40.4 Å². The number of halogens is 2. The molecule has 0 aliphatic carbocycles. The second kappa shape index (κ2) is 8.26. The topological polar surface area (TPSA) is 9.23 Å². The van der Waals surface area contributed by atoms with E-state index >= 15 is 0 Å². The molecule has 0 aliphatic heterocycles. The van der Waals surface area contributed by atoms with E-state index in [9.17, 15) is 0 Å². The van der Waals surface area contributed by atoms with E-state index in [4.69, 9.17) is 16.3 Å². The SMILES string of the molecule is SCCCCCCOc1ccc(Br)cc1Cl. The van der Waals surface area contributed by atoms with Crippen LogP contribution >= 0.6 is 40.2 Å². The van der Waals surface area contributed by atoms with Crippen LogP contribution in [0.15, 0.2) is 22.7 Å².